The first-order chi connectivity index (χ1) is 13.1. The maximum absolute atomic E-state index is 11.8. The molecule has 1 aromatic carbocycles. The number of nitrogens with zero attached hydrogens (tertiary/aromatic N) is 2. The number of amides is 2. The number of aliphatic imine (C=N–C) groups is 1. The summed E-state index contributed by atoms with van der Waals surface area (Å²) in [4.78, 5) is 27.9. The quantitative estimate of drug-likeness (QED) is 0.690. The van der Waals surface area contributed by atoms with Gasteiger partial charge in [0.15, 0.2) is 0 Å². The Hall–Kier alpha value is -2.71. The van der Waals surface area contributed by atoms with E-state index in [0.717, 1.165) is 5.56 Å². The smallest absolute Gasteiger partial charge is 0.444 e. The first-order valence-corrected chi connectivity index (χ1v) is 9.09. The molecular weight excluding hydrogens is 362 g/mol. The van der Waals surface area contributed by atoms with Crippen LogP contribution in [0.15, 0.2) is 47.2 Å². The summed E-state index contributed by atoms with van der Waals surface area (Å²) in [5, 5.41) is 12.4. The molecule has 2 N–H and O–H groups in total. The Morgan fingerprint density at radius 2 is 1.93 bits per heavy atom. The van der Waals surface area contributed by atoms with Gasteiger partial charge in [-0.05, 0) is 33.3 Å². The molecule has 1 aliphatic heterocycles. The average molecular weight is 390 g/mol. The minimum absolute atomic E-state index is 0.0783. The molecule has 1 aromatic rings. The van der Waals surface area contributed by atoms with Crippen LogP contribution < -0.4 is 5.32 Å². The number of benzene rings is 1. The van der Waals surface area contributed by atoms with E-state index in [-0.39, 0.29) is 12.8 Å². The van der Waals surface area contributed by atoms with Gasteiger partial charge in [-0.15, -0.1) is 4.48 Å². The van der Waals surface area contributed by atoms with E-state index in [1.54, 1.807) is 27.7 Å². The molecule has 1 heterocycles. The average Bonchev–Trinajstić information content (AvgIpc) is 2.98. The Morgan fingerprint density at radius 1 is 1.25 bits per heavy atom. The highest BCUT2D eigenvalue weighted by Gasteiger charge is 2.39. The number of hydrogen-bond acceptors (Lipinski definition) is 5. The lowest BCUT2D eigenvalue weighted by Crippen LogP contribution is -2.46. The number of nitrogens with one attached hydrogen (secondary N) is 1. The molecule has 2 atom stereocenters. The van der Waals surface area contributed by atoms with Crippen molar-refractivity contribution in [1.29, 1.82) is 0 Å². The van der Waals surface area contributed by atoms with Crippen LogP contribution in [0.25, 0.3) is 0 Å². The van der Waals surface area contributed by atoms with Crippen molar-refractivity contribution in [1.82, 2.24) is 5.32 Å². The third-order valence-electron chi connectivity index (χ3n) is 3.86. The molecule has 28 heavy (non-hydrogen) atoms. The van der Waals surface area contributed by atoms with Crippen LogP contribution in [0.4, 0.5) is 9.59 Å². The summed E-state index contributed by atoms with van der Waals surface area (Å²) in [5.74, 6) is 0. The summed E-state index contributed by atoms with van der Waals surface area (Å²) in [6.07, 6.45) is 1.64. The van der Waals surface area contributed by atoms with Crippen LogP contribution in [0.5, 0.6) is 0 Å². The van der Waals surface area contributed by atoms with Gasteiger partial charge >= 0.3 is 12.2 Å². The van der Waals surface area contributed by atoms with E-state index in [0.29, 0.717) is 18.7 Å². The standard InChI is InChI=1S/C20H27N3O5/c1-15(22-18(24)28-20(2,3)4)10-17-11-23(13-21-17,19(25)26)14-27-12-16-8-6-5-7-9-16/h5-9,11,13,15H,10,12,14H2,1-4H3,(H-,22,24,25,26)/p+1/t15-,23?/m1/s1. The molecule has 0 saturated carbocycles. The van der Waals surface area contributed by atoms with Crippen molar-refractivity contribution in [2.45, 2.75) is 52.4 Å². The van der Waals surface area contributed by atoms with Gasteiger partial charge in [0.1, 0.15) is 17.5 Å². The second-order valence-electron chi connectivity index (χ2n) is 7.79. The number of carbonyl (C=O) groups excluding carboxylic acids is 1. The van der Waals surface area contributed by atoms with Gasteiger partial charge in [-0.3, -0.25) is 0 Å². The number of hydrogen-bond donors (Lipinski definition) is 2. The highest BCUT2D eigenvalue weighted by atomic mass is 16.6. The normalized spacial score (nSPS) is 19.8. The van der Waals surface area contributed by atoms with Gasteiger partial charge in [-0.2, -0.15) is 4.79 Å². The Bertz CT molecular complexity index is 755. The number of carbonyl (C=O) groups is 2. The second kappa shape index (κ2) is 8.99. The maximum atomic E-state index is 11.8. The molecule has 0 saturated heterocycles. The topological polar surface area (TPSA) is 97.2 Å². The highest BCUT2D eigenvalue weighted by molar-refractivity contribution is 5.72. The van der Waals surface area contributed by atoms with Gasteiger partial charge in [-0.25, -0.2) is 9.79 Å². The molecule has 2 rings (SSSR count). The fourth-order valence-electron chi connectivity index (χ4n) is 2.61. The van der Waals surface area contributed by atoms with Gasteiger partial charge in [0.2, 0.25) is 13.1 Å². The molecule has 0 spiro atoms. The molecule has 1 unspecified atom stereocenters. The number of quaternary nitrogens is 1. The second-order valence-corrected chi connectivity index (χ2v) is 7.79. The molecule has 152 valence electrons. The zero-order valence-corrected chi connectivity index (χ0v) is 16.7. The summed E-state index contributed by atoms with van der Waals surface area (Å²) in [5.41, 5.74) is 0.941. The third-order valence-corrected chi connectivity index (χ3v) is 3.86. The maximum Gasteiger partial charge on any atom is 0.526 e. The lowest BCUT2D eigenvalue weighted by atomic mass is 10.2. The van der Waals surface area contributed by atoms with E-state index >= 15 is 0 Å². The molecule has 0 radical (unpaired) electrons. The Kier molecular flexibility index (Phi) is 6.93. The van der Waals surface area contributed by atoms with Crippen LogP contribution in [0.2, 0.25) is 0 Å². The zero-order chi connectivity index (χ0) is 20.8. The summed E-state index contributed by atoms with van der Waals surface area (Å²) < 4.78 is 10.3. The van der Waals surface area contributed by atoms with Crippen LogP contribution in [0, 0.1) is 0 Å². The Balaban J connectivity index is 1.92. The number of alkyl carbamates (subject to hydrolysis) is 1. The van der Waals surface area contributed by atoms with Crippen molar-refractivity contribution in [2.24, 2.45) is 4.99 Å². The molecule has 1 aliphatic rings. The van der Waals surface area contributed by atoms with Crippen molar-refractivity contribution in [3.05, 3.63) is 47.8 Å². The van der Waals surface area contributed by atoms with Crippen molar-refractivity contribution in [2.75, 3.05) is 6.73 Å². The molecule has 0 aromatic heterocycles. The minimum Gasteiger partial charge on any atom is -0.444 e. The highest BCUT2D eigenvalue weighted by Crippen LogP contribution is 2.22. The zero-order valence-electron chi connectivity index (χ0n) is 16.7. The van der Waals surface area contributed by atoms with Crippen LogP contribution in [0.3, 0.4) is 0 Å². The number of carboxylic acid groups (broad SMARTS) is 1. The predicted molar refractivity (Wildman–Crippen MR) is 104 cm³/mol. The molecule has 0 aliphatic carbocycles. The molecule has 8 nitrogen and oxygen atoms in total. The predicted octanol–water partition coefficient (Wildman–Crippen LogP) is 3.84. The molecule has 0 fully saturated rings. The van der Waals surface area contributed by atoms with Gasteiger partial charge in [-0.1, -0.05) is 30.3 Å². The summed E-state index contributed by atoms with van der Waals surface area (Å²) in [6.45, 7) is 7.40. The van der Waals surface area contributed by atoms with E-state index in [4.69, 9.17) is 9.47 Å². The van der Waals surface area contributed by atoms with Crippen LogP contribution >= 0.6 is 0 Å². The molecule has 8 heteroatoms. The summed E-state index contributed by atoms with van der Waals surface area (Å²) in [7, 11) is 0. The van der Waals surface area contributed by atoms with Crippen LogP contribution in [-0.4, -0.2) is 46.5 Å². The third kappa shape index (κ3) is 6.47. The molecule has 0 bridgehead atoms. The lowest BCUT2D eigenvalue weighted by Gasteiger charge is -2.22. The van der Waals surface area contributed by atoms with E-state index < -0.39 is 22.3 Å². The van der Waals surface area contributed by atoms with Crippen LogP contribution in [-0.2, 0) is 16.1 Å². The first-order valence-electron chi connectivity index (χ1n) is 9.09. The van der Waals surface area contributed by atoms with Crippen molar-refractivity contribution in [3.8, 4) is 0 Å². The largest absolute Gasteiger partial charge is 0.526 e. The van der Waals surface area contributed by atoms with Gasteiger partial charge < -0.3 is 19.9 Å². The molecule has 2 amide bonds. The fourth-order valence-corrected chi connectivity index (χ4v) is 2.61. The van der Waals surface area contributed by atoms with E-state index in [1.807, 2.05) is 30.3 Å². The monoisotopic (exact) mass is 390 g/mol. The first kappa shape index (κ1) is 21.6. The van der Waals surface area contributed by atoms with E-state index in [2.05, 4.69) is 10.3 Å². The van der Waals surface area contributed by atoms with Crippen molar-refractivity contribution >= 4 is 18.5 Å². The number of rotatable bonds is 7. The number of ether oxygens (including phenoxy) is 2. The SMILES string of the molecule is C[C@H](CC1=C[N+](COCc2ccccc2)(C(=O)O)C=N1)NC(=O)OC(C)(C)C. The van der Waals surface area contributed by atoms with Gasteiger partial charge in [0.25, 0.3) is 0 Å². The van der Waals surface area contributed by atoms with E-state index in [1.165, 1.54) is 12.5 Å². The Labute approximate surface area is 165 Å². The van der Waals surface area contributed by atoms with Gasteiger partial charge in [0.05, 0.1) is 6.61 Å². The fraction of sp³-hybridized carbons (Fsp3) is 0.450. The molecular formula is C20H28N3O5+. The summed E-state index contributed by atoms with van der Waals surface area (Å²) >= 11 is 0. The minimum atomic E-state index is -1.08. The van der Waals surface area contributed by atoms with Crippen molar-refractivity contribution in [3.63, 3.8) is 0 Å². The lowest BCUT2D eigenvalue weighted by molar-refractivity contribution is -0.730. The van der Waals surface area contributed by atoms with E-state index in [9.17, 15) is 14.7 Å². The summed E-state index contributed by atoms with van der Waals surface area (Å²) in [6, 6.07) is 9.26. The van der Waals surface area contributed by atoms with Gasteiger partial charge in [0, 0.05) is 12.5 Å². The Morgan fingerprint density at radius 3 is 2.54 bits per heavy atom. The van der Waals surface area contributed by atoms with Crippen molar-refractivity contribution < 1.29 is 28.7 Å². The van der Waals surface area contributed by atoms with Crippen LogP contribution in [0.1, 0.15) is 39.7 Å².